The molecule has 5 heteroatoms. The molecule has 0 aliphatic heterocycles. The van der Waals surface area contributed by atoms with E-state index in [0.29, 0.717) is 11.4 Å². The molecule has 5 nitrogen and oxygen atoms in total. The van der Waals surface area contributed by atoms with E-state index in [1.165, 1.54) is 6.20 Å². The van der Waals surface area contributed by atoms with Crippen LogP contribution in [0, 0.1) is 0 Å². The molecule has 5 aromatic carbocycles. The molecule has 0 aliphatic rings. The van der Waals surface area contributed by atoms with Crippen LogP contribution in [-0.4, -0.2) is 24.6 Å². The maximum absolute atomic E-state index is 10.9. The van der Waals surface area contributed by atoms with Crippen LogP contribution in [0.4, 0.5) is 0 Å². The smallest absolute Gasteiger partial charge is 0.149 e. The predicted octanol–water partition coefficient (Wildman–Crippen LogP) is 9.86. The highest BCUT2D eigenvalue weighted by atomic mass is 16.3. The van der Waals surface area contributed by atoms with Crippen LogP contribution in [0.3, 0.4) is 0 Å². The van der Waals surface area contributed by atoms with Crippen LogP contribution in [-0.2, 0) is 0 Å². The quantitative estimate of drug-likeness (QED) is 0.209. The first-order valence-corrected chi connectivity index (χ1v) is 15.2. The second-order valence-electron chi connectivity index (χ2n) is 11.1. The van der Waals surface area contributed by atoms with Gasteiger partial charge in [-0.1, -0.05) is 91.0 Å². The molecule has 0 radical (unpaired) electrons. The number of benzene rings is 5. The first kappa shape index (κ1) is 27.2. The van der Waals surface area contributed by atoms with Crippen molar-refractivity contribution in [2.45, 2.75) is 0 Å². The van der Waals surface area contributed by atoms with E-state index in [1.807, 2.05) is 42.6 Å². The summed E-state index contributed by atoms with van der Waals surface area (Å²) in [5.41, 5.74) is 11.7. The van der Waals surface area contributed by atoms with Crippen LogP contribution in [0.1, 0.15) is 0 Å². The number of hydrogen-bond donors (Lipinski definition) is 1. The molecule has 218 valence electrons. The fraction of sp³-hybridized carbons (Fsp3) is 0. The molecule has 1 N–H and O–H groups in total. The van der Waals surface area contributed by atoms with Gasteiger partial charge in [0.2, 0.25) is 0 Å². The standard InChI is InChI=1S/C41H28N4O/c46-39-27-42-21-20-36(39)41-44-40-35(17-10-18-38(40)45(41)34-15-8-3-9-16-34)32-23-31(29-13-6-2-7-14-29)24-33(25-32)37-26-30(19-22-43-37)28-11-4-1-5-12-28/h1-27,46H. The topological polar surface area (TPSA) is 63.8 Å². The van der Waals surface area contributed by atoms with Gasteiger partial charge in [0.15, 0.2) is 0 Å². The number of rotatable bonds is 6. The van der Waals surface area contributed by atoms with Gasteiger partial charge in [0, 0.05) is 29.2 Å². The number of aromatic hydroxyl groups is 1. The SMILES string of the molecule is Oc1cnccc1-c1nc2c(-c3cc(-c4ccccc4)cc(-c4cc(-c5ccccc5)ccn4)c3)cccc2n1-c1ccccc1. The molecule has 3 aromatic heterocycles. The first-order chi connectivity index (χ1) is 22.7. The van der Waals surface area contributed by atoms with Crippen LogP contribution in [0.25, 0.3) is 72.7 Å². The largest absolute Gasteiger partial charge is 0.506 e. The van der Waals surface area contributed by atoms with Gasteiger partial charge in [-0.05, 0) is 82.4 Å². The van der Waals surface area contributed by atoms with Crippen molar-refractivity contribution in [3.05, 3.63) is 164 Å². The van der Waals surface area contributed by atoms with E-state index in [9.17, 15) is 5.11 Å². The second kappa shape index (κ2) is 11.6. The molecule has 0 spiro atoms. The summed E-state index contributed by atoms with van der Waals surface area (Å²) in [5.74, 6) is 0.722. The molecular formula is C41H28N4O. The molecular weight excluding hydrogens is 564 g/mol. The van der Waals surface area contributed by atoms with E-state index >= 15 is 0 Å². The maximum Gasteiger partial charge on any atom is 0.149 e. The molecule has 0 amide bonds. The molecule has 0 atom stereocenters. The van der Waals surface area contributed by atoms with Crippen LogP contribution in [0.2, 0.25) is 0 Å². The van der Waals surface area contributed by atoms with Gasteiger partial charge in [-0.3, -0.25) is 14.5 Å². The molecule has 0 aliphatic carbocycles. The Morgan fingerprint density at radius 3 is 1.91 bits per heavy atom. The lowest BCUT2D eigenvalue weighted by atomic mass is 9.93. The zero-order valence-corrected chi connectivity index (χ0v) is 24.8. The summed E-state index contributed by atoms with van der Waals surface area (Å²) in [6, 6.07) is 49.8. The number of pyridine rings is 2. The minimum Gasteiger partial charge on any atom is -0.506 e. The van der Waals surface area contributed by atoms with Gasteiger partial charge in [-0.2, -0.15) is 0 Å². The lowest BCUT2D eigenvalue weighted by Gasteiger charge is -2.13. The van der Waals surface area contributed by atoms with E-state index in [4.69, 9.17) is 9.97 Å². The van der Waals surface area contributed by atoms with E-state index < -0.39 is 0 Å². The minimum atomic E-state index is 0.0780. The van der Waals surface area contributed by atoms with Crippen molar-refractivity contribution in [1.82, 2.24) is 19.5 Å². The lowest BCUT2D eigenvalue weighted by Crippen LogP contribution is -1.97. The van der Waals surface area contributed by atoms with Gasteiger partial charge in [0.1, 0.15) is 11.6 Å². The summed E-state index contributed by atoms with van der Waals surface area (Å²) < 4.78 is 2.10. The fourth-order valence-corrected chi connectivity index (χ4v) is 6.05. The number of fused-ring (bicyclic) bond motifs is 1. The van der Waals surface area contributed by atoms with Crippen molar-refractivity contribution >= 4 is 11.0 Å². The van der Waals surface area contributed by atoms with E-state index in [2.05, 4.69) is 113 Å². The Balaban J connectivity index is 1.37. The molecule has 8 rings (SSSR count). The van der Waals surface area contributed by atoms with Crippen LogP contribution < -0.4 is 0 Å². The van der Waals surface area contributed by atoms with Gasteiger partial charge in [-0.15, -0.1) is 0 Å². The summed E-state index contributed by atoms with van der Waals surface area (Å²) in [6.07, 6.45) is 5.01. The second-order valence-corrected chi connectivity index (χ2v) is 11.1. The van der Waals surface area contributed by atoms with Gasteiger partial charge < -0.3 is 5.11 Å². The van der Waals surface area contributed by atoms with Crippen molar-refractivity contribution in [1.29, 1.82) is 0 Å². The Labute approximate surface area is 266 Å². The van der Waals surface area contributed by atoms with Gasteiger partial charge in [-0.25, -0.2) is 4.98 Å². The average Bonchev–Trinajstić information content (AvgIpc) is 3.52. The van der Waals surface area contributed by atoms with E-state index in [1.54, 1.807) is 12.3 Å². The zero-order valence-electron chi connectivity index (χ0n) is 24.8. The highest BCUT2D eigenvalue weighted by molar-refractivity contribution is 5.97. The first-order valence-electron chi connectivity index (χ1n) is 15.2. The van der Waals surface area contributed by atoms with Crippen molar-refractivity contribution in [2.75, 3.05) is 0 Å². The summed E-state index contributed by atoms with van der Waals surface area (Å²) >= 11 is 0. The van der Waals surface area contributed by atoms with Crippen molar-refractivity contribution in [2.24, 2.45) is 0 Å². The summed E-state index contributed by atoms with van der Waals surface area (Å²) in [5, 5.41) is 10.9. The van der Waals surface area contributed by atoms with Gasteiger partial charge in [0.05, 0.1) is 28.5 Å². The number of hydrogen-bond acceptors (Lipinski definition) is 4. The van der Waals surface area contributed by atoms with Gasteiger partial charge >= 0.3 is 0 Å². The van der Waals surface area contributed by atoms with Crippen LogP contribution in [0.5, 0.6) is 5.75 Å². The Hall–Kier alpha value is -6.33. The average molecular weight is 593 g/mol. The molecule has 0 saturated carbocycles. The summed E-state index contributed by atoms with van der Waals surface area (Å²) in [7, 11) is 0. The molecule has 0 fully saturated rings. The van der Waals surface area contributed by atoms with Gasteiger partial charge in [0.25, 0.3) is 0 Å². The normalized spacial score (nSPS) is 11.1. The molecule has 0 saturated heterocycles. The monoisotopic (exact) mass is 592 g/mol. The van der Waals surface area contributed by atoms with Crippen molar-refractivity contribution in [3.63, 3.8) is 0 Å². The molecule has 0 bridgehead atoms. The number of nitrogens with zero attached hydrogens (tertiary/aromatic N) is 4. The van der Waals surface area contributed by atoms with Crippen molar-refractivity contribution < 1.29 is 5.11 Å². The Bertz CT molecular complexity index is 2310. The van der Waals surface area contributed by atoms with Crippen LogP contribution in [0.15, 0.2) is 164 Å². The molecule has 8 aromatic rings. The fourth-order valence-electron chi connectivity index (χ4n) is 6.05. The molecule has 3 heterocycles. The lowest BCUT2D eigenvalue weighted by molar-refractivity contribution is 0.474. The maximum atomic E-state index is 10.9. The van der Waals surface area contributed by atoms with E-state index in [-0.39, 0.29) is 5.75 Å². The predicted molar refractivity (Wildman–Crippen MR) is 186 cm³/mol. The number of aromatic nitrogens is 4. The van der Waals surface area contributed by atoms with E-state index in [0.717, 1.165) is 61.4 Å². The third-order valence-corrected chi connectivity index (χ3v) is 8.25. The van der Waals surface area contributed by atoms with Crippen molar-refractivity contribution in [3.8, 4) is 67.5 Å². The molecule has 0 unspecified atom stereocenters. The minimum absolute atomic E-state index is 0.0780. The third kappa shape index (κ3) is 5.00. The highest BCUT2D eigenvalue weighted by Crippen LogP contribution is 2.39. The molecule has 46 heavy (non-hydrogen) atoms. The summed E-state index contributed by atoms with van der Waals surface area (Å²) in [4.78, 5) is 14.1. The Kier molecular flexibility index (Phi) is 6.89. The number of imidazole rings is 1. The highest BCUT2D eigenvalue weighted by Gasteiger charge is 2.20. The Morgan fingerprint density at radius 1 is 0.500 bits per heavy atom. The van der Waals surface area contributed by atoms with Crippen LogP contribution >= 0.6 is 0 Å². The zero-order chi connectivity index (χ0) is 30.9. The summed E-state index contributed by atoms with van der Waals surface area (Å²) in [6.45, 7) is 0. The third-order valence-electron chi connectivity index (χ3n) is 8.25. The number of para-hydroxylation sites is 2. The Morgan fingerprint density at radius 2 is 1.17 bits per heavy atom.